The molecule has 0 amide bonds. The quantitative estimate of drug-likeness (QED) is 0.725. The van der Waals surface area contributed by atoms with E-state index in [0.717, 1.165) is 11.3 Å². The fraction of sp³-hybridized carbons (Fsp3) is 0.167. The molecule has 1 aromatic heterocycles. The normalized spacial score (nSPS) is 10.1. The molecular formula is C12H11OS. The van der Waals surface area contributed by atoms with Gasteiger partial charge in [0.2, 0.25) is 0 Å². The fourth-order valence-electron chi connectivity index (χ4n) is 1.39. The third-order valence-electron chi connectivity index (χ3n) is 2.09. The van der Waals surface area contributed by atoms with Crippen LogP contribution in [0.2, 0.25) is 0 Å². The van der Waals surface area contributed by atoms with E-state index in [1.54, 1.807) is 18.4 Å². The summed E-state index contributed by atoms with van der Waals surface area (Å²) in [6.45, 7) is 2.06. The molecular weight excluding hydrogens is 192 g/mol. The van der Waals surface area contributed by atoms with Crippen LogP contribution in [0.4, 0.5) is 0 Å². The van der Waals surface area contributed by atoms with Crippen LogP contribution in [0.1, 0.15) is 5.56 Å². The zero-order valence-corrected chi connectivity index (χ0v) is 9.02. The molecule has 71 valence electrons. The summed E-state index contributed by atoms with van der Waals surface area (Å²) >= 11 is 1.61. The van der Waals surface area contributed by atoms with Crippen molar-refractivity contribution < 1.29 is 4.74 Å². The number of thiophene rings is 1. The lowest BCUT2D eigenvalue weighted by Crippen LogP contribution is -1.87. The minimum atomic E-state index is 0.931. The number of hydrogen-bond acceptors (Lipinski definition) is 2. The molecule has 0 fully saturated rings. The molecule has 2 aromatic rings. The van der Waals surface area contributed by atoms with E-state index >= 15 is 0 Å². The van der Waals surface area contributed by atoms with Gasteiger partial charge in [-0.05, 0) is 36.8 Å². The van der Waals surface area contributed by atoms with Gasteiger partial charge in [-0.2, -0.15) is 0 Å². The summed E-state index contributed by atoms with van der Waals surface area (Å²) in [5, 5.41) is 3.08. The lowest BCUT2D eigenvalue weighted by atomic mass is 10.1. The number of hydrogen-bond donors (Lipinski definition) is 0. The zero-order chi connectivity index (χ0) is 9.97. The molecule has 1 heterocycles. The first-order chi connectivity index (χ1) is 6.81. The molecule has 1 nitrogen and oxygen atoms in total. The Hall–Kier alpha value is -1.28. The summed E-state index contributed by atoms with van der Waals surface area (Å²) in [6, 6.07) is 10.2. The maximum absolute atomic E-state index is 5.34. The van der Waals surface area contributed by atoms with Crippen molar-refractivity contribution in [3.05, 3.63) is 41.3 Å². The molecule has 2 rings (SSSR count). The highest BCUT2D eigenvalue weighted by atomic mass is 32.1. The Morgan fingerprint density at radius 2 is 2.14 bits per heavy atom. The average Bonchev–Trinajstić information content (AvgIpc) is 2.70. The molecule has 2 heteroatoms. The van der Waals surface area contributed by atoms with E-state index in [2.05, 4.69) is 36.6 Å². The Labute approximate surface area is 88.0 Å². The number of ether oxygens (including phenoxy) is 1. The number of aryl methyl sites for hydroxylation is 1. The van der Waals surface area contributed by atoms with Gasteiger partial charge < -0.3 is 4.74 Å². The van der Waals surface area contributed by atoms with Crippen molar-refractivity contribution in [3.8, 4) is 16.2 Å². The summed E-state index contributed by atoms with van der Waals surface area (Å²) in [4.78, 5) is 1.20. The van der Waals surface area contributed by atoms with Gasteiger partial charge in [0, 0.05) is 15.8 Å². The first-order valence-electron chi connectivity index (χ1n) is 4.42. The topological polar surface area (TPSA) is 9.23 Å². The number of benzene rings is 1. The highest BCUT2D eigenvalue weighted by Gasteiger charge is 2.05. The van der Waals surface area contributed by atoms with Crippen molar-refractivity contribution in [2.24, 2.45) is 0 Å². The first-order valence-corrected chi connectivity index (χ1v) is 5.24. The van der Waals surface area contributed by atoms with E-state index in [0.29, 0.717) is 0 Å². The summed E-state index contributed by atoms with van der Waals surface area (Å²) < 4.78 is 5.34. The standard InChI is InChI=1S/C12H11OS/c1-9-5-6-10(11(8-9)13-2)12-4-3-7-14-12/h3-6,8H,1-2H3. The van der Waals surface area contributed by atoms with Crippen LogP contribution in [0, 0.1) is 12.3 Å². The Balaban J connectivity index is 2.53. The lowest BCUT2D eigenvalue weighted by Gasteiger charge is -2.07. The largest absolute Gasteiger partial charge is 0.496 e. The molecule has 0 aliphatic carbocycles. The van der Waals surface area contributed by atoms with Crippen LogP contribution in [-0.4, -0.2) is 7.11 Å². The van der Waals surface area contributed by atoms with Crippen LogP contribution in [0.15, 0.2) is 30.3 Å². The predicted molar refractivity (Wildman–Crippen MR) is 59.9 cm³/mol. The van der Waals surface area contributed by atoms with Crippen molar-refractivity contribution in [1.82, 2.24) is 0 Å². The Morgan fingerprint density at radius 1 is 1.29 bits per heavy atom. The van der Waals surface area contributed by atoms with Crippen molar-refractivity contribution in [2.45, 2.75) is 6.92 Å². The van der Waals surface area contributed by atoms with Gasteiger partial charge in [0.25, 0.3) is 0 Å². The van der Waals surface area contributed by atoms with Gasteiger partial charge in [-0.3, -0.25) is 0 Å². The van der Waals surface area contributed by atoms with Crippen LogP contribution in [0.25, 0.3) is 10.4 Å². The highest BCUT2D eigenvalue weighted by Crippen LogP contribution is 2.33. The van der Waals surface area contributed by atoms with E-state index in [-0.39, 0.29) is 0 Å². The number of methoxy groups -OCH3 is 1. The smallest absolute Gasteiger partial charge is 0.127 e. The molecule has 0 unspecified atom stereocenters. The number of rotatable bonds is 2. The Bertz CT molecular complexity index is 418. The maximum Gasteiger partial charge on any atom is 0.127 e. The molecule has 14 heavy (non-hydrogen) atoms. The third-order valence-corrected chi connectivity index (χ3v) is 2.92. The van der Waals surface area contributed by atoms with Gasteiger partial charge in [0.05, 0.1) is 7.11 Å². The van der Waals surface area contributed by atoms with E-state index in [1.807, 2.05) is 6.07 Å². The van der Waals surface area contributed by atoms with Crippen LogP contribution in [0.3, 0.4) is 0 Å². The summed E-state index contributed by atoms with van der Waals surface area (Å²) in [6.07, 6.45) is 0. The second-order valence-corrected chi connectivity index (χ2v) is 4.00. The van der Waals surface area contributed by atoms with Gasteiger partial charge in [0.15, 0.2) is 0 Å². The van der Waals surface area contributed by atoms with Gasteiger partial charge in [-0.25, -0.2) is 0 Å². The zero-order valence-electron chi connectivity index (χ0n) is 8.20. The minimum absolute atomic E-state index is 0.931. The molecule has 0 N–H and O–H groups in total. The molecule has 0 aliphatic rings. The van der Waals surface area contributed by atoms with E-state index < -0.39 is 0 Å². The molecule has 0 aliphatic heterocycles. The summed E-state index contributed by atoms with van der Waals surface area (Å²) in [7, 11) is 1.70. The first kappa shape index (κ1) is 9.28. The molecule has 0 spiro atoms. The van der Waals surface area contributed by atoms with Gasteiger partial charge >= 0.3 is 0 Å². The molecule has 0 atom stereocenters. The molecule has 1 aromatic carbocycles. The molecule has 0 saturated heterocycles. The van der Waals surface area contributed by atoms with Crippen LogP contribution < -0.4 is 4.74 Å². The SMILES string of the molecule is COc1cc(C)ccc1-c1cc[c]s1. The fourth-order valence-corrected chi connectivity index (χ4v) is 2.07. The molecule has 0 saturated carbocycles. The van der Waals surface area contributed by atoms with Gasteiger partial charge in [0.1, 0.15) is 5.75 Å². The van der Waals surface area contributed by atoms with Crippen LogP contribution in [-0.2, 0) is 0 Å². The minimum Gasteiger partial charge on any atom is -0.496 e. The van der Waals surface area contributed by atoms with E-state index in [4.69, 9.17) is 4.74 Å². The van der Waals surface area contributed by atoms with E-state index in [1.165, 1.54) is 10.4 Å². The molecule has 0 bridgehead atoms. The van der Waals surface area contributed by atoms with Crippen LogP contribution in [0.5, 0.6) is 5.75 Å². The Morgan fingerprint density at radius 3 is 2.79 bits per heavy atom. The van der Waals surface area contributed by atoms with Crippen molar-refractivity contribution >= 4 is 11.3 Å². The van der Waals surface area contributed by atoms with Crippen molar-refractivity contribution in [2.75, 3.05) is 7.11 Å². The van der Waals surface area contributed by atoms with Crippen molar-refractivity contribution in [1.29, 1.82) is 0 Å². The monoisotopic (exact) mass is 203 g/mol. The average molecular weight is 203 g/mol. The maximum atomic E-state index is 5.34. The second kappa shape index (κ2) is 3.84. The molecule has 1 radical (unpaired) electrons. The third kappa shape index (κ3) is 1.66. The van der Waals surface area contributed by atoms with Gasteiger partial charge in [-0.1, -0.05) is 6.07 Å². The summed E-state index contributed by atoms with van der Waals surface area (Å²) in [5.41, 5.74) is 2.36. The summed E-state index contributed by atoms with van der Waals surface area (Å²) in [5.74, 6) is 0.931. The van der Waals surface area contributed by atoms with E-state index in [9.17, 15) is 0 Å². The lowest BCUT2D eigenvalue weighted by molar-refractivity contribution is 0.416. The van der Waals surface area contributed by atoms with Crippen molar-refractivity contribution in [3.63, 3.8) is 0 Å². The highest BCUT2D eigenvalue weighted by molar-refractivity contribution is 7.13. The predicted octanol–water partition coefficient (Wildman–Crippen LogP) is 3.53. The Kier molecular flexibility index (Phi) is 2.55. The second-order valence-electron chi connectivity index (χ2n) is 3.12. The van der Waals surface area contributed by atoms with Gasteiger partial charge in [-0.15, -0.1) is 11.3 Å². The van der Waals surface area contributed by atoms with Crippen LogP contribution >= 0.6 is 11.3 Å².